The number of methoxy groups -OCH3 is 2. The van der Waals surface area contributed by atoms with E-state index in [-0.39, 0.29) is 17.9 Å². The van der Waals surface area contributed by atoms with Gasteiger partial charge in [0, 0.05) is 38.5 Å². The summed E-state index contributed by atoms with van der Waals surface area (Å²) in [5.74, 6) is 1.53. The number of nitrogens with zero attached hydrogens (tertiary/aromatic N) is 1. The van der Waals surface area contributed by atoms with Crippen molar-refractivity contribution in [1.82, 2.24) is 20.9 Å². The quantitative estimate of drug-likeness (QED) is 0.536. The van der Waals surface area contributed by atoms with Gasteiger partial charge in [0.15, 0.2) is 11.5 Å². The first-order valence-electron chi connectivity index (χ1n) is 13.8. The summed E-state index contributed by atoms with van der Waals surface area (Å²) >= 11 is 0. The van der Waals surface area contributed by atoms with Crippen molar-refractivity contribution in [3.05, 3.63) is 59.7 Å². The average molecular weight is 525 g/mol. The van der Waals surface area contributed by atoms with Gasteiger partial charge in [0.05, 0.1) is 14.2 Å². The van der Waals surface area contributed by atoms with Crippen LogP contribution in [0.4, 0.5) is 0 Å². The molecule has 1 fully saturated rings. The highest BCUT2D eigenvalue weighted by Gasteiger charge is 2.17. The molecule has 1 atom stereocenters. The van der Waals surface area contributed by atoms with Crippen molar-refractivity contribution in [2.45, 2.75) is 51.0 Å². The van der Waals surface area contributed by atoms with E-state index in [1.807, 2.05) is 41.3 Å². The molecule has 0 aliphatic carbocycles. The summed E-state index contributed by atoms with van der Waals surface area (Å²) in [5.41, 5.74) is 2.17. The van der Waals surface area contributed by atoms with Crippen molar-refractivity contribution in [3.63, 3.8) is 0 Å². The normalized spacial score (nSPS) is 18.7. The van der Waals surface area contributed by atoms with E-state index < -0.39 is 0 Å². The molecule has 2 aromatic rings. The second kappa shape index (κ2) is 16.7. The van der Waals surface area contributed by atoms with E-state index in [1.54, 1.807) is 14.2 Å². The fourth-order valence-corrected chi connectivity index (χ4v) is 4.72. The Morgan fingerprint density at radius 1 is 0.895 bits per heavy atom. The first-order chi connectivity index (χ1) is 18.6. The van der Waals surface area contributed by atoms with Gasteiger partial charge in [-0.25, -0.2) is 0 Å². The van der Waals surface area contributed by atoms with E-state index in [1.165, 1.54) is 0 Å². The summed E-state index contributed by atoms with van der Waals surface area (Å²) in [6.07, 6.45) is 5.17. The molecule has 0 saturated carbocycles. The maximum absolute atomic E-state index is 13.2. The average Bonchev–Trinajstić information content (AvgIpc) is 2.95. The number of ether oxygens (including phenoxy) is 2. The minimum atomic E-state index is -0.0125. The van der Waals surface area contributed by atoms with E-state index in [2.05, 4.69) is 28.1 Å². The Morgan fingerprint density at radius 2 is 1.66 bits per heavy atom. The Kier molecular flexibility index (Phi) is 12.9. The number of hydrogen-bond donors (Lipinski definition) is 3. The molecule has 1 aliphatic heterocycles. The summed E-state index contributed by atoms with van der Waals surface area (Å²) in [6, 6.07) is 15.9. The zero-order valence-electron chi connectivity index (χ0n) is 23.0. The Labute approximate surface area is 227 Å². The topological polar surface area (TPSA) is 91.9 Å². The molecule has 0 unspecified atom stereocenters. The predicted molar refractivity (Wildman–Crippen MR) is 151 cm³/mol. The third-order valence-electron chi connectivity index (χ3n) is 6.90. The molecule has 1 saturated heterocycles. The highest BCUT2D eigenvalue weighted by Crippen LogP contribution is 2.28. The molecular weight excluding hydrogens is 480 g/mol. The number of carbonyl (C=O) groups excluding carboxylic acids is 2. The predicted octanol–water partition coefficient (Wildman–Crippen LogP) is 3.47. The Bertz CT molecular complexity index is 985. The standard InChI is InChI=1S/C30H44N4O4/c1-37-27-14-12-24(22-28(27)38-2)13-15-30(36)34-20-7-6-16-31-17-8-18-32-26(25-10-4-3-5-11-25)23-29(35)33-19-9-21-34/h3-5,10-12,14,22,26,31-32H,6-9,13,15-21,23H2,1-2H3,(H,33,35)/t26-/m0/s1. The summed E-state index contributed by atoms with van der Waals surface area (Å²) in [7, 11) is 3.23. The molecule has 3 N–H and O–H groups in total. The van der Waals surface area contributed by atoms with Crippen LogP contribution in [0.15, 0.2) is 48.5 Å². The van der Waals surface area contributed by atoms with Crippen LogP contribution in [0.3, 0.4) is 0 Å². The number of benzene rings is 2. The molecule has 8 nitrogen and oxygen atoms in total. The Balaban J connectivity index is 1.55. The molecular formula is C30H44N4O4. The molecule has 1 aliphatic rings. The van der Waals surface area contributed by atoms with Crippen molar-refractivity contribution in [1.29, 1.82) is 0 Å². The monoisotopic (exact) mass is 524 g/mol. The number of hydrogen-bond acceptors (Lipinski definition) is 6. The molecule has 0 aromatic heterocycles. The number of aryl methyl sites for hydroxylation is 1. The molecule has 2 aromatic carbocycles. The lowest BCUT2D eigenvalue weighted by atomic mass is 10.0. The molecule has 0 bridgehead atoms. The number of amides is 2. The van der Waals surface area contributed by atoms with Crippen LogP contribution >= 0.6 is 0 Å². The van der Waals surface area contributed by atoms with Crippen molar-refractivity contribution in [2.24, 2.45) is 0 Å². The minimum Gasteiger partial charge on any atom is -0.493 e. The van der Waals surface area contributed by atoms with E-state index >= 15 is 0 Å². The van der Waals surface area contributed by atoms with E-state index in [0.717, 1.165) is 63.0 Å². The second-order valence-electron chi connectivity index (χ2n) is 9.71. The zero-order chi connectivity index (χ0) is 27.0. The number of carbonyl (C=O) groups is 2. The summed E-state index contributed by atoms with van der Waals surface area (Å²) in [4.78, 5) is 27.8. The largest absolute Gasteiger partial charge is 0.493 e. The van der Waals surface area contributed by atoms with Crippen LogP contribution < -0.4 is 25.4 Å². The molecule has 1 heterocycles. The van der Waals surface area contributed by atoms with Gasteiger partial charge in [-0.2, -0.15) is 0 Å². The highest BCUT2D eigenvalue weighted by molar-refractivity contribution is 5.77. The zero-order valence-corrected chi connectivity index (χ0v) is 23.0. The van der Waals surface area contributed by atoms with E-state index in [4.69, 9.17) is 9.47 Å². The Morgan fingerprint density at radius 3 is 2.45 bits per heavy atom. The summed E-state index contributed by atoms with van der Waals surface area (Å²) in [6.45, 7) is 4.64. The third kappa shape index (κ3) is 9.99. The van der Waals surface area contributed by atoms with E-state index in [0.29, 0.717) is 43.9 Å². The van der Waals surface area contributed by atoms with Gasteiger partial charge in [0.25, 0.3) is 0 Å². The van der Waals surface area contributed by atoms with Gasteiger partial charge in [-0.3, -0.25) is 9.59 Å². The van der Waals surface area contributed by atoms with Gasteiger partial charge in [0.2, 0.25) is 11.8 Å². The lowest BCUT2D eigenvalue weighted by Gasteiger charge is -2.23. The highest BCUT2D eigenvalue weighted by atomic mass is 16.5. The maximum Gasteiger partial charge on any atom is 0.222 e. The van der Waals surface area contributed by atoms with Gasteiger partial charge in [-0.1, -0.05) is 36.4 Å². The van der Waals surface area contributed by atoms with Crippen LogP contribution in [0.1, 0.15) is 55.7 Å². The third-order valence-corrected chi connectivity index (χ3v) is 6.90. The van der Waals surface area contributed by atoms with Crippen LogP contribution in [0.5, 0.6) is 11.5 Å². The maximum atomic E-state index is 13.2. The van der Waals surface area contributed by atoms with Crippen molar-refractivity contribution in [3.8, 4) is 11.5 Å². The van der Waals surface area contributed by atoms with Crippen LogP contribution in [0.2, 0.25) is 0 Å². The van der Waals surface area contributed by atoms with E-state index in [9.17, 15) is 9.59 Å². The van der Waals surface area contributed by atoms with Gasteiger partial charge >= 0.3 is 0 Å². The molecule has 0 spiro atoms. The number of rotatable bonds is 6. The van der Waals surface area contributed by atoms with Gasteiger partial charge in [0.1, 0.15) is 0 Å². The van der Waals surface area contributed by atoms with Gasteiger partial charge in [-0.05, 0) is 75.0 Å². The molecule has 38 heavy (non-hydrogen) atoms. The molecule has 0 radical (unpaired) electrons. The van der Waals surface area contributed by atoms with Gasteiger partial charge < -0.3 is 30.3 Å². The lowest BCUT2D eigenvalue weighted by molar-refractivity contribution is -0.131. The fourth-order valence-electron chi connectivity index (χ4n) is 4.72. The SMILES string of the molecule is COc1ccc(CCC(=O)N2CCCCNCCCN[C@H](c3ccccc3)CC(=O)NCCC2)cc1OC. The smallest absolute Gasteiger partial charge is 0.222 e. The molecule has 208 valence electrons. The van der Waals surface area contributed by atoms with Crippen LogP contribution in [0.25, 0.3) is 0 Å². The first-order valence-corrected chi connectivity index (χ1v) is 13.8. The van der Waals surface area contributed by atoms with Crippen molar-refractivity contribution < 1.29 is 19.1 Å². The molecule has 2 amide bonds. The second-order valence-corrected chi connectivity index (χ2v) is 9.71. The van der Waals surface area contributed by atoms with Crippen LogP contribution in [0, 0.1) is 0 Å². The fraction of sp³-hybridized carbons (Fsp3) is 0.533. The Hall–Kier alpha value is -3.10. The first kappa shape index (κ1) is 29.5. The van der Waals surface area contributed by atoms with Gasteiger partial charge in [-0.15, -0.1) is 0 Å². The van der Waals surface area contributed by atoms with Crippen LogP contribution in [-0.2, 0) is 16.0 Å². The summed E-state index contributed by atoms with van der Waals surface area (Å²) < 4.78 is 10.7. The summed E-state index contributed by atoms with van der Waals surface area (Å²) in [5, 5.41) is 10.1. The molecule has 3 rings (SSSR count). The lowest BCUT2D eigenvalue weighted by Crippen LogP contribution is -2.36. The number of nitrogens with one attached hydrogen (secondary N) is 3. The molecule has 8 heteroatoms. The minimum absolute atomic E-state index is 0.0125. The van der Waals surface area contributed by atoms with Crippen molar-refractivity contribution >= 4 is 11.8 Å². The van der Waals surface area contributed by atoms with Crippen LogP contribution in [-0.4, -0.2) is 70.2 Å². The van der Waals surface area contributed by atoms with Crippen molar-refractivity contribution in [2.75, 3.05) is 53.5 Å².